The average molecular weight is 293 g/mol. The normalized spacial score (nSPS) is 20.1. The third kappa shape index (κ3) is 4.25. The number of hydrogen-bond donors (Lipinski definition) is 1. The second-order valence-corrected chi connectivity index (χ2v) is 6.62. The lowest BCUT2D eigenvalue weighted by Crippen LogP contribution is -2.38. The molecule has 1 aliphatic heterocycles. The molecule has 0 saturated carbocycles. The molecule has 1 amide bonds. The van der Waals surface area contributed by atoms with E-state index in [-0.39, 0.29) is 18.1 Å². The molecule has 0 radical (unpaired) electrons. The van der Waals surface area contributed by atoms with Crippen molar-refractivity contribution in [3.63, 3.8) is 0 Å². The van der Waals surface area contributed by atoms with Crippen molar-refractivity contribution < 1.29 is 9.90 Å². The highest BCUT2D eigenvalue weighted by atomic mass is 32.2. The van der Waals surface area contributed by atoms with E-state index in [0.717, 1.165) is 24.3 Å². The van der Waals surface area contributed by atoms with Crippen LogP contribution in [0, 0.1) is 6.92 Å². The predicted octanol–water partition coefficient (Wildman–Crippen LogP) is 2.85. The van der Waals surface area contributed by atoms with E-state index < -0.39 is 0 Å². The lowest BCUT2D eigenvalue weighted by atomic mass is 10.1. The molecule has 110 valence electrons. The molecule has 20 heavy (non-hydrogen) atoms. The SMILES string of the molecule is Cc1ccc(SCC(=O)N2CCCC2CC(C)O)cc1. The van der Waals surface area contributed by atoms with Crippen molar-refractivity contribution in [2.24, 2.45) is 0 Å². The molecule has 0 aliphatic carbocycles. The van der Waals surface area contributed by atoms with Gasteiger partial charge in [0.05, 0.1) is 11.9 Å². The Morgan fingerprint density at radius 1 is 1.45 bits per heavy atom. The highest BCUT2D eigenvalue weighted by Gasteiger charge is 2.29. The molecule has 0 bridgehead atoms. The first kappa shape index (κ1) is 15.4. The Morgan fingerprint density at radius 3 is 2.80 bits per heavy atom. The van der Waals surface area contributed by atoms with Gasteiger partial charge in [-0.05, 0) is 45.2 Å². The van der Waals surface area contributed by atoms with Gasteiger partial charge in [0, 0.05) is 17.5 Å². The summed E-state index contributed by atoms with van der Waals surface area (Å²) in [5.74, 6) is 0.679. The summed E-state index contributed by atoms with van der Waals surface area (Å²) in [5.41, 5.74) is 1.23. The second kappa shape index (κ2) is 7.14. The molecule has 1 aliphatic rings. The van der Waals surface area contributed by atoms with Crippen LogP contribution in [0.5, 0.6) is 0 Å². The Balaban J connectivity index is 1.86. The zero-order chi connectivity index (χ0) is 14.5. The summed E-state index contributed by atoms with van der Waals surface area (Å²) in [6.07, 6.45) is 2.43. The van der Waals surface area contributed by atoms with Crippen molar-refractivity contribution in [2.45, 2.75) is 50.2 Å². The molecule has 1 heterocycles. The van der Waals surface area contributed by atoms with E-state index in [1.165, 1.54) is 5.56 Å². The van der Waals surface area contributed by atoms with Crippen molar-refractivity contribution in [3.8, 4) is 0 Å². The van der Waals surface area contributed by atoms with Crippen molar-refractivity contribution in [3.05, 3.63) is 29.8 Å². The fourth-order valence-corrected chi connectivity index (χ4v) is 3.45. The minimum Gasteiger partial charge on any atom is -0.393 e. The molecule has 2 rings (SSSR count). The first-order valence-electron chi connectivity index (χ1n) is 7.23. The Morgan fingerprint density at radius 2 is 2.15 bits per heavy atom. The number of aliphatic hydroxyl groups is 1. The number of thioether (sulfide) groups is 1. The molecular weight excluding hydrogens is 270 g/mol. The van der Waals surface area contributed by atoms with Crippen molar-refractivity contribution >= 4 is 17.7 Å². The number of nitrogens with zero attached hydrogens (tertiary/aromatic N) is 1. The quantitative estimate of drug-likeness (QED) is 0.849. The van der Waals surface area contributed by atoms with Crippen LogP contribution in [0.25, 0.3) is 0 Å². The number of hydrogen-bond acceptors (Lipinski definition) is 3. The molecule has 2 unspecified atom stereocenters. The third-order valence-corrected chi connectivity index (χ3v) is 4.69. The van der Waals surface area contributed by atoms with Gasteiger partial charge < -0.3 is 10.0 Å². The summed E-state index contributed by atoms with van der Waals surface area (Å²) in [6, 6.07) is 8.48. The topological polar surface area (TPSA) is 40.5 Å². The maximum atomic E-state index is 12.3. The van der Waals surface area contributed by atoms with Crippen molar-refractivity contribution in [1.82, 2.24) is 4.90 Å². The van der Waals surface area contributed by atoms with Gasteiger partial charge in [-0.2, -0.15) is 0 Å². The summed E-state index contributed by atoms with van der Waals surface area (Å²) in [5, 5.41) is 9.50. The zero-order valence-electron chi connectivity index (χ0n) is 12.2. The number of aliphatic hydroxyl groups excluding tert-OH is 1. The van der Waals surface area contributed by atoms with Crippen LogP contribution in [0.1, 0.15) is 31.7 Å². The van der Waals surface area contributed by atoms with E-state index >= 15 is 0 Å². The fourth-order valence-electron chi connectivity index (χ4n) is 2.67. The molecule has 4 heteroatoms. The van der Waals surface area contributed by atoms with Gasteiger partial charge >= 0.3 is 0 Å². The van der Waals surface area contributed by atoms with E-state index in [1.54, 1.807) is 18.7 Å². The number of aryl methyl sites for hydroxylation is 1. The Kier molecular flexibility index (Phi) is 5.49. The Hall–Kier alpha value is -1.00. The van der Waals surface area contributed by atoms with E-state index in [1.807, 2.05) is 4.90 Å². The van der Waals surface area contributed by atoms with Crippen molar-refractivity contribution in [2.75, 3.05) is 12.3 Å². The molecule has 1 saturated heterocycles. The van der Waals surface area contributed by atoms with Gasteiger partial charge in [0.15, 0.2) is 0 Å². The van der Waals surface area contributed by atoms with Crippen LogP contribution in [-0.4, -0.2) is 40.4 Å². The van der Waals surface area contributed by atoms with Gasteiger partial charge in [-0.3, -0.25) is 4.79 Å². The molecule has 1 aromatic carbocycles. The molecule has 1 fully saturated rings. The van der Waals surface area contributed by atoms with Crippen LogP contribution >= 0.6 is 11.8 Å². The molecule has 0 spiro atoms. The third-order valence-electron chi connectivity index (χ3n) is 3.69. The molecule has 1 N–H and O–H groups in total. The summed E-state index contributed by atoms with van der Waals surface area (Å²) < 4.78 is 0. The Bertz CT molecular complexity index is 444. The lowest BCUT2D eigenvalue weighted by Gasteiger charge is -2.25. The maximum absolute atomic E-state index is 12.3. The van der Waals surface area contributed by atoms with Gasteiger partial charge in [0.1, 0.15) is 0 Å². The first-order chi connectivity index (χ1) is 9.56. The smallest absolute Gasteiger partial charge is 0.233 e. The number of benzene rings is 1. The summed E-state index contributed by atoms with van der Waals surface area (Å²) >= 11 is 1.59. The zero-order valence-corrected chi connectivity index (χ0v) is 13.0. The van der Waals surface area contributed by atoms with Crippen LogP contribution in [0.15, 0.2) is 29.2 Å². The van der Waals surface area contributed by atoms with Crippen LogP contribution < -0.4 is 0 Å². The number of likely N-dealkylation sites (tertiary alicyclic amines) is 1. The number of rotatable bonds is 5. The van der Waals surface area contributed by atoms with E-state index in [2.05, 4.69) is 31.2 Å². The molecule has 0 aromatic heterocycles. The van der Waals surface area contributed by atoms with Gasteiger partial charge in [-0.1, -0.05) is 17.7 Å². The number of amides is 1. The summed E-state index contributed by atoms with van der Waals surface area (Å²) in [4.78, 5) is 15.4. The molecule has 1 aromatic rings. The lowest BCUT2D eigenvalue weighted by molar-refractivity contribution is -0.129. The van der Waals surface area contributed by atoms with Gasteiger partial charge in [0.2, 0.25) is 5.91 Å². The van der Waals surface area contributed by atoms with Crippen LogP contribution in [0.2, 0.25) is 0 Å². The molecule has 3 nitrogen and oxygen atoms in total. The molecular formula is C16H23NO2S. The monoisotopic (exact) mass is 293 g/mol. The second-order valence-electron chi connectivity index (χ2n) is 5.57. The summed E-state index contributed by atoms with van der Waals surface area (Å²) in [7, 11) is 0. The largest absolute Gasteiger partial charge is 0.393 e. The Labute approximate surface area is 125 Å². The maximum Gasteiger partial charge on any atom is 0.233 e. The van der Waals surface area contributed by atoms with Crippen molar-refractivity contribution in [1.29, 1.82) is 0 Å². The minimum absolute atomic E-state index is 0.193. The number of carbonyl (C=O) groups excluding carboxylic acids is 1. The van der Waals surface area contributed by atoms with Gasteiger partial charge in [0.25, 0.3) is 0 Å². The van der Waals surface area contributed by atoms with Crippen LogP contribution in [0.4, 0.5) is 0 Å². The van der Waals surface area contributed by atoms with E-state index in [9.17, 15) is 9.90 Å². The minimum atomic E-state index is -0.335. The predicted molar refractivity (Wildman–Crippen MR) is 82.9 cm³/mol. The average Bonchev–Trinajstić information content (AvgIpc) is 2.85. The highest BCUT2D eigenvalue weighted by Crippen LogP contribution is 2.24. The van der Waals surface area contributed by atoms with Crippen LogP contribution in [0.3, 0.4) is 0 Å². The summed E-state index contributed by atoms with van der Waals surface area (Å²) in [6.45, 7) is 4.69. The standard InChI is InChI=1S/C16H23NO2S/c1-12-5-7-15(8-6-12)20-11-16(19)17-9-3-4-14(17)10-13(2)18/h5-8,13-14,18H,3-4,9-11H2,1-2H3. The number of carbonyl (C=O) groups is 1. The fraction of sp³-hybridized carbons (Fsp3) is 0.562. The van der Waals surface area contributed by atoms with E-state index in [0.29, 0.717) is 12.2 Å². The highest BCUT2D eigenvalue weighted by molar-refractivity contribution is 8.00. The van der Waals surface area contributed by atoms with Gasteiger partial charge in [-0.15, -0.1) is 11.8 Å². The molecule has 2 atom stereocenters. The van der Waals surface area contributed by atoms with Gasteiger partial charge in [-0.25, -0.2) is 0 Å². The van der Waals surface area contributed by atoms with E-state index in [4.69, 9.17) is 0 Å². The van der Waals surface area contributed by atoms with Crippen LogP contribution in [-0.2, 0) is 4.79 Å². The first-order valence-corrected chi connectivity index (χ1v) is 8.22.